The molecule has 0 unspecified atom stereocenters. The van der Waals surface area contributed by atoms with E-state index in [0.29, 0.717) is 28.6 Å². The van der Waals surface area contributed by atoms with Crippen LogP contribution < -0.4 is 15.8 Å². The number of aromatic nitrogens is 1. The Bertz CT molecular complexity index is 775. The molecule has 1 amide bonds. The molecule has 152 valence electrons. The van der Waals surface area contributed by atoms with Crippen molar-refractivity contribution in [1.29, 1.82) is 0 Å². The van der Waals surface area contributed by atoms with Crippen molar-refractivity contribution in [1.82, 2.24) is 15.2 Å². The summed E-state index contributed by atoms with van der Waals surface area (Å²) in [4.78, 5) is 21.1. The van der Waals surface area contributed by atoms with Crippen LogP contribution in [0.15, 0.2) is 23.2 Å². The number of hydrogen-bond acceptors (Lipinski definition) is 3. The number of guanidine groups is 1. The van der Waals surface area contributed by atoms with Crippen LogP contribution in [0.2, 0.25) is 5.02 Å². The molecule has 0 spiro atoms. The molecule has 1 aromatic carbocycles. The van der Waals surface area contributed by atoms with Gasteiger partial charge in [-0.15, -0.1) is 24.8 Å². The molecule has 4 N–H and O–H groups in total. The number of fused-ring (bicyclic) bond motifs is 1. The molecule has 1 aromatic heterocycles. The van der Waals surface area contributed by atoms with E-state index in [-0.39, 0.29) is 30.8 Å². The van der Waals surface area contributed by atoms with Crippen LogP contribution in [0.4, 0.5) is 0 Å². The molecule has 0 aliphatic carbocycles. The number of nitrogens with one attached hydrogen (secondary N) is 2. The van der Waals surface area contributed by atoms with E-state index in [9.17, 15) is 4.79 Å². The Morgan fingerprint density at radius 2 is 1.96 bits per heavy atom. The maximum absolute atomic E-state index is 12.1. The van der Waals surface area contributed by atoms with Crippen LogP contribution in [-0.2, 0) is 0 Å². The van der Waals surface area contributed by atoms with Gasteiger partial charge >= 0.3 is 0 Å². The van der Waals surface area contributed by atoms with Crippen LogP contribution in [-0.4, -0.2) is 55.0 Å². The third-order valence-corrected chi connectivity index (χ3v) is 4.25. The largest absolute Gasteiger partial charge is 0.492 e. The fraction of sp³-hybridized carbons (Fsp3) is 0.412. The summed E-state index contributed by atoms with van der Waals surface area (Å²) in [6.07, 6.45) is 0. The summed E-state index contributed by atoms with van der Waals surface area (Å²) in [5.41, 5.74) is 6.55. The summed E-state index contributed by atoms with van der Waals surface area (Å²) in [7, 11) is 1.59. The normalized spacial score (nSPS) is 11.1. The zero-order chi connectivity index (χ0) is 18.4. The molecule has 2 rings (SSSR count). The monoisotopic (exact) mass is 437 g/mol. The number of nitrogens with zero attached hydrogens (tertiary/aromatic N) is 2. The first-order valence-corrected chi connectivity index (χ1v) is 8.59. The Kier molecular flexibility index (Phi) is 11.2. The van der Waals surface area contributed by atoms with Crippen LogP contribution in [0, 0.1) is 0 Å². The van der Waals surface area contributed by atoms with Crippen molar-refractivity contribution in [3.8, 4) is 5.75 Å². The van der Waals surface area contributed by atoms with E-state index in [1.807, 2.05) is 6.07 Å². The molecule has 0 aliphatic rings. The Hall–Kier alpha value is -1.67. The molecule has 2 aromatic rings. The number of aliphatic imine (C=N–C) groups is 1. The van der Waals surface area contributed by atoms with Crippen molar-refractivity contribution in [2.75, 3.05) is 33.3 Å². The van der Waals surface area contributed by atoms with Gasteiger partial charge in [-0.25, -0.2) is 0 Å². The van der Waals surface area contributed by atoms with E-state index in [0.717, 1.165) is 25.0 Å². The quantitative estimate of drug-likeness (QED) is 0.456. The van der Waals surface area contributed by atoms with Gasteiger partial charge in [-0.1, -0.05) is 25.4 Å². The molecule has 0 bridgehead atoms. The minimum absolute atomic E-state index is 0. The second-order valence-corrected chi connectivity index (χ2v) is 5.88. The number of halogens is 3. The zero-order valence-corrected chi connectivity index (χ0v) is 17.9. The van der Waals surface area contributed by atoms with Crippen LogP contribution in [0.3, 0.4) is 0 Å². The Morgan fingerprint density at radius 1 is 1.30 bits per heavy atom. The third kappa shape index (κ3) is 6.77. The number of carbonyl (C=O) groups excluding carboxylic acids is 1. The summed E-state index contributed by atoms with van der Waals surface area (Å²) in [5.74, 6) is 0.238. The highest BCUT2D eigenvalue weighted by Crippen LogP contribution is 2.30. The van der Waals surface area contributed by atoms with E-state index in [2.05, 4.69) is 34.0 Å². The van der Waals surface area contributed by atoms with Crippen LogP contribution in [0.1, 0.15) is 24.3 Å². The van der Waals surface area contributed by atoms with E-state index < -0.39 is 5.91 Å². The molecule has 0 fully saturated rings. The standard InChI is InChI=1S/C17H24ClN5O2.2ClH/c1-4-23(5-2)6-7-25-11-8-13(18)12-10-15(21-14(12)9-11)16(24)22-17(19)20-3;;/h8-10,21H,4-7H2,1-3H3,(H3,19,20,22,24);2*1H. The molecule has 0 saturated carbocycles. The molecular weight excluding hydrogens is 413 g/mol. The molecule has 0 radical (unpaired) electrons. The lowest BCUT2D eigenvalue weighted by atomic mass is 10.2. The molecule has 0 saturated heterocycles. The summed E-state index contributed by atoms with van der Waals surface area (Å²) in [6.45, 7) is 7.62. The number of aromatic amines is 1. The van der Waals surface area contributed by atoms with Gasteiger partial charge in [0, 0.05) is 25.0 Å². The number of rotatable bonds is 7. The second kappa shape index (κ2) is 11.9. The van der Waals surface area contributed by atoms with Crippen LogP contribution in [0.25, 0.3) is 10.9 Å². The van der Waals surface area contributed by atoms with E-state index in [1.54, 1.807) is 19.2 Å². The first kappa shape index (κ1) is 25.3. The van der Waals surface area contributed by atoms with E-state index >= 15 is 0 Å². The summed E-state index contributed by atoms with van der Waals surface area (Å²) >= 11 is 6.31. The Balaban J connectivity index is 0.00000338. The van der Waals surface area contributed by atoms with Gasteiger partial charge in [0.05, 0.1) is 10.5 Å². The predicted octanol–water partition coefficient (Wildman–Crippen LogP) is 3.06. The Labute approximate surface area is 176 Å². The van der Waals surface area contributed by atoms with Gasteiger partial charge in [-0.3, -0.25) is 4.79 Å². The average Bonchev–Trinajstić information content (AvgIpc) is 3.03. The summed E-state index contributed by atoms with van der Waals surface area (Å²) in [6, 6.07) is 5.23. The number of nitrogens with two attached hydrogens (primary N) is 1. The van der Waals surface area contributed by atoms with Gasteiger partial charge in [0.2, 0.25) is 0 Å². The first-order chi connectivity index (χ1) is 12.0. The van der Waals surface area contributed by atoms with Gasteiger partial charge in [0.15, 0.2) is 5.96 Å². The SMILES string of the molecule is CCN(CC)CCOc1cc(Cl)c2cc(C(=O)N=C(N)NC)[nH]c2c1.Cl.Cl. The van der Waals surface area contributed by atoms with Gasteiger partial charge in [-0.2, -0.15) is 4.99 Å². The van der Waals surface area contributed by atoms with Gasteiger partial charge in [-0.05, 0) is 25.2 Å². The summed E-state index contributed by atoms with van der Waals surface area (Å²) in [5, 5.41) is 3.85. The number of carbonyl (C=O) groups is 1. The fourth-order valence-corrected chi connectivity index (χ4v) is 2.69. The second-order valence-electron chi connectivity index (χ2n) is 5.48. The van der Waals surface area contributed by atoms with Gasteiger partial charge < -0.3 is 25.7 Å². The lowest BCUT2D eigenvalue weighted by molar-refractivity contribution is 0.0998. The Morgan fingerprint density at radius 3 is 2.56 bits per heavy atom. The van der Waals surface area contributed by atoms with E-state index in [4.69, 9.17) is 22.1 Å². The number of ether oxygens (including phenoxy) is 1. The molecule has 10 heteroatoms. The van der Waals surface area contributed by atoms with Crippen molar-refractivity contribution in [3.05, 3.63) is 28.9 Å². The highest BCUT2D eigenvalue weighted by Gasteiger charge is 2.13. The average molecular weight is 439 g/mol. The minimum atomic E-state index is -0.469. The van der Waals surface area contributed by atoms with Crippen molar-refractivity contribution in [3.63, 3.8) is 0 Å². The topological polar surface area (TPSA) is 95.7 Å². The lowest BCUT2D eigenvalue weighted by Gasteiger charge is -2.18. The van der Waals surface area contributed by atoms with Crippen LogP contribution >= 0.6 is 36.4 Å². The first-order valence-electron chi connectivity index (χ1n) is 8.22. The van der Waals surface area contributed by atoms with Crippen molar-refractivity contribution < 1.29 is 9.53 Å². The molecule has 0 aliphatic heterocycles. The van der Waals surface area contributed by atoms with Crippen molar-refractivity contribution in [2.45, 2.75) is 13.8 Å². The fourth-order valence-electron chi connectivity index (χ4n) is 2.43. The smallest absolute Gasteiger partial charge is 0.296 e. The number of benzene rings is 1. The predicted molar refractivity (Wildman–Crippen MR) is 116 cm³/mol. The van der Waals surface area contributed by atoms with Crippen LogP contribution in [0.5, 0.6) is 5.75 Å². The molecule has 7 nitrogen and oxygen atoms in total. The van der Waals surface area contributed by atoms with Crippen molar-refractivity contribution in [2.24, 2.45) is 10.7 Å². The maximum atomic E-state index is 12.1. The van der Waals surface area contributed by atoms with E-state index in [1.165, 1.54) is 0 Å². The number of amides is 1. The van der Waals surface area contributed by atoms with Gasteiger partial charge in [0.1, 0.15) is 18.1 Å². The molecule has 27 heavy (non-hydrogen) atoms. The summed E-state index contributed by atoms with van der Waals surface area (Å²) < 4.78 is 5.79. The molecular formula is C17H26Cl3N5O2. The minimum Gasteiger partial charge on any atom is -0.492 e. The highest BCUT2D eigenvalue weighted by molar-refractivity contribution is 6.35. The zero-order valence-electron chi connectivity index (χ0n) is 15.5. The van der Waals surface area contributed by atoms with Crippen molar-refractivity contribution >= 4 is 59.2 Å². The number of H-pyrrole nitrogens is 1. The molecule has 1 heterocycles. The number of likely N-dealkylation sites (N-methyl/N-ethyl adjacent to an activating group) is 1. The molecule has 0 atom stereocenters. The maximum Gasteiger partial charge on any atom is 0.296 e. The highest BCUT2D eigenvalue weighted by atomic mass is 35.5. The number of hydrogen-bond donors (Lipinski definition) is 3. The third-order valence-electron chi connectivity index (χ3n) is 3.94. The lowest BCUT2D eigenvalue weighted by Crippen LogP contribution is -2.28. The van der Waals surface area contributed by atoms with Gasteiger partial charge in [0.25, 0.3) is 5.91 Å².